The number of aromatic nitrogens is 4. The molecule has 1 aromatic carbocycles. The second-order valence-corrected chi connectivity index (χ2v) is 5.72. The third kappa shape index (κ3) is 2.53. The molecule has 0 aliphatic carbocycles. The summed E-state index contributed by atoms with van der Waals surface area (Å²) in [6.07, 6.45) is 0.761. The number of hydrogen-bond acceptors (Lipinski definition) is 5. The molecule has 0 fully saturated rings. The van der Waals surface area contributed by atoms with Gasteiger partial charge in [-0.1, -0.05) is 30.7 Å². The normalized spacial score (nSPS) is 10.5. The zero-order valence-corrected chi connectivity index (χ0v) is 12.7. The van der Waals surface area contributed by atoms with Gasteiger partial charge in [0.2, 0.25) is 0 Å². The third-order valence-corrected chi connectivity index (χ3v) is 4.40. The van der Waals surface area contributed by atoms with Gasteiger partial charge in [-0.3, -0.25) is 0 Å². The Labute approximate surface area is 130 Å². The van der Waals surface area contributed by atoms with Crippen molar-refractivity contribution in [3.63, 3.8) is 0 Å². The predicted molar refractivity (Wildman–Crippen MR) is 82.0 cm³/mol. The van der Waals surface area contributed by atoms with Crippen LogP contribution >= 0.6 is 22.9 Å². The minimum atomic E-state index is 0.288. The molecule has 0 unspecified atom stereocenters. The van der Waals surface area contributed by atoms with E-state index in [-0.39, 0.29) is 5.69 Å². The number of H-pyrrole nitrogens is 1. The second kappa shape index (κ2) is 5.64. The first-order chi connectivity index (χ1) is 10.2. The van der Waals surface area contributed by atoms with Crippen LogP contribution in [0.1, 0.15) is 18.3 Å². The van der Waals surface area contributed by atoms with Gasteiger partial charge in [-0.2, -0.15) is 15.6 Å². The molecule has 5 nitrogen and oxygen atoms in total. The molecule has 7 heteroatoms. The molecule has 0 aliphatic rings. The van der Waals surface area contributed by atoms with E-state index in [1.165, 1.54) is 11.3 Å². The molecule has 21 heavy (non-hydrogen) atoms. The summed E-state index contributed by atoms with van der Waals surface area (Å²) in [6, 6.07) is 9.56. The zero-order chi connectivity index (χ0) is 14.8. The van der Waals surface area contributed by atoms with Crippen molar-refractivity contribution in [3.05, 3.63) is 40.7 Å². The predicted octanol–water partition coefficient (Wildman–Crippen LogP) is 3.68. The van der Waals surface area contributed by atoms with Gasteiger partial charge in [0, 0.05) is 10.6 Å². The van der Waals surface area contributed by atoms with Gasteiger partial charge in [-0.25, -0.2) is 4.98 Å². The molecule has 104 valence electrons. The van der Waals surface area contributed by atoms with Gasteiger partial charge in [-0.15, -0.1) is 16.4 Å². The van der Waals surface area contributed by atoms with Crippen molar-refractivity contribution in [2.75, 3.05) is 0 Å². The van der Waals surface area contributed by atoms with Gasteiger partial charge in [0.05, 0.1) is 10.6 Å². The number of nitrogens with one attached hydrogen (secondary N) is 1. The molecule has 2 heterocycles. The maximum absolute atomic E-state index is 9.08. The number of thiazole rings is 1. The van der Waals surface area contributed by atoms with Crippen molar-refractivity contribution in [2.45, 2.75) is 13.3 Å². The van der Waals surface area contributed by atoms with Gasteiger partial charge in [0.25, 0.3) is 0 Å². The standard InChI is InChI=1S/C14H10ClN5S/c1-2-10-13(12-11(7-16)18-20-19-12)21-14(17-10)8-3-5-9(15)6-4-8/h3-6H,2H2,1H3,(H,18,19,20). The Balaban J connectivity index is 2.11. The Morgan fingerprint density at radius 2 is 2.05 bits per heavy atom. The third-order valence-electron chi connectivity index (χ3n) is 2.99. The highest BCUT2D eigenvalue weighted by Gasteiger charge is 2.19. The SMILES string of the molecule is CCc1nc(-c2ccc(Cl)cc2)sc1-c1n[nH]nc1C#N. The smallest absolute Gasteiger partial charge is 0.191 e. The van der Waals surface area contributed by atoms with Crippen LogP contribution in [0.3, 0.4) is 0 Å². The first kappa shape index (κ1) is 13.7. The number of hydrogen-bond donors (Lipinski definition) is 1. The first-order valence-corrected chi connectivity index (χ1v) is 7.49. The Morgan fingerprint density at radius 1 is 1.29 bits per heavy atom. The van der Waals surface area contributed by atoms with E-state index in [4.69, 9.17) is 16.9 Å². The summed E-state index contributed by atoms with van der Waals surface area (Å²) >= 11 is 7.41. The number of aromatic amines is 1. The van der Waals surface area contributed by atoms with E-state index < -0.39 is 0 Å². The number of benzene rings is 1. The average molecular weight is 316 g/mol. The molecule has 0 radical (unpaired) electrons. The molecule has 0 aliphatic heterocycles. The lowest BCUT2D eigenvalue weighted by molar-refractivity contribution is 0.936. The van der Waals surface area contributed by atoms with Crippen molar-refractivity contribution in [2.24, 2.45) is 0 Å². The van der Waals surface area contributed by atoms with Crippen molar-refractivity contribution in [1.29, 1.82) is 5.26 Å². The second-order valence-electron chi connectivity index (χ2n) is 4.29. The molecule has 0 atom stereocenters. The minimum Gasteiger partial charge on any atom is -0.240 e. The molecule has 2 aromatic heterocycles. The minimum absolute atomic E-state index is 0.288. The lowest BCUT2D eigenvalue weighted by atomic mass is 10.2. The fourth-order valence-corrected chi connectivity index (χ4v) is 3.24. The number of halogens is 1. The van der Waals surface area contributed by atoms with Crippen molar-refractivity contribution in [3.8, 4) is 27.2 Å². The topological polar surface area (TPSA) is 78.2 Å². The fourth-order valence-electron chi connectivity index (χ4n) is 1.96. The Hall–Kier alpha value is -2.23. The average Bonchev–Trinajstić information content (AvgIpc) is 3.13. The van der Waals surface area contributed by atoms with E-state index in [2.05, 4.69) is 20.4 Å². The number of nitrogens with zero attached hydrogens (tertiary/aromatic N) is 4. The Morgan fingerprint density at radius 3 is 2.71 bits per heavy atom. The lowest BCUT2D eigenvalue weighted by Crippen LogP contribution is -1.87. The van der Waals surface area contributed by atoms with Crippen LogP contribution in [-0.4, -0.2) is 20.4 Å². The lowest BCUT2D eigenvalue weighted by Gasteiger charge is -1.95. The molecular weight excluding hydrogens is 306 g/mol. The van der Waals surface area contributed by atoms with Crippen LogP contribution in [0.2, 0.25) is 5.02 Å². The maximum atomic E-state index is 9.08. The van der Waals surface area contributed by atoms with E-state index in [0.29, 0.717) is 10.7 Å². The zero-order valence-electron chi connectivity index (χ0n) is 11.1. The molecule has 0 spiro atoms. The summed E-state index contributed by atoms with van der Waals surface area (Å²) in [4.78, 5) is 5.53. The molecule has 0 saturated heterocycles. The van der Waals surface area contributed by atoms with Crippen LogP contribution in [0, 0.1) is 11.3 Å². The summed E-state index contributed by atoms with van der Waals surface area (Å²) < 4.78 is 0. The summed E-state index contributed by atoms with van der Waals surface area (Å²) in [6.45, 7) is 2.02. The molecule has 1 N–H and O–H groups in total. The van der Waals surface area contributed by atoms with E-state index in [9.17, 15) is 0 Å². The Kier molecular flexibility index (Phi) is 3.69. The maximum Gasteiger partial charge on any atom is 0.191 e. The van der Waals surface area contributed by atoms with Crippen LogP contribution in [0.5, 0.6) is 0 Å². The highest BCUT2D eigenvalue weighted by Crippen LogP contribution is 2.36. The summed E-state index contributed by atoms with van der Waals surface area (Å²) in [5, 5.41) is 21.1. The highest BCUT2D eigenvalue weighted by atomic mass is 35.5. The quantitative estimate of drug-likeness (QED) is 0.799. The van der Waals surface area contributed by atoms with Gasteiger partial charge >= 0.3 is 0 Å². The van der Waals surface area contributed by atoms with Crippen molar-refractivity contribution >= 4 is 22.9 Å². The van der Waals surface area contributed by atoms with Crippen LogP contribution in [-0.2, 0) is 6.42 Å². The van der Waals surface area contributed by atoms with Gasteiger partial charge in [-0.05, 0) is 18.6 Å². The van der Waals surface area contributed by atoms with Gasteiger partial charge in [0.1, 0.15) is 16.8 Å². The summed E-state index contributed by atoms with van der Waals surface area (Å²) in [5.41, 5.74) is 2.76. The van der Waals surface area contributed by atoms with Crippen LogP contribution in [0.25, 0.3) is 21.1 Å². The largest absolute Gasteiger partial charge is 0.240 e. The molecule has 3 aromatic rings. The highest BCUT2D eigenvalue weighted by molar-refractivity contribution is 7.18. The molecule has 3 rings (SSSR count). The Bertz CT molecular complexity index is 813. The van der Waals surface area contributed by atoms with Crippen molar-refractivity contribution in [1.82, 2.24) is 20.4 Å². The molecular formula is C14H10ClN5S. The first-order valence-electron chi connectivity index (χ1n) is 6.29. The van der Waals surface area contributed by atoms with Crippen LogP contribution in [0.15, 0.2) is 24.3 Å². The molecule has 0 bridgehead atoms. The summed E-state index contributed by atoms with van der Waals surface area (Å²) in [5.74, 6) is 0. The van der Waals surface area contributed by atoms with E-state index in [1.807, 2.05) is 37.3 Å². The van der Waals surface area contributed by atoms with Crippen LogP contribution in [0.4, 0.5) is 0 Å². The monoisotopic (exact) mass is 315 g/mol. The van der Waals surface area contributed by atoms with Gasteiger partial charge in [0.15, 0.2) is 5.69 Å². The fraction of sp³-hybridized carbons (Fsp3) is 0.143. The molecule has 0 amide bonds. The molecule has 0 saturated carbocycles. The van der Waals surface area contributed by atoms with Gasteiger partial charge < -0.3 is 0 Å². The van der Waals surface area contributed by atoms with Crippen LogP contribution < -0.4 is 0 Å². The number of nitriles is 1. The van der Waals surface area contributed by atoms with E-state index in [0.717, 1.165) is 27.6 Å². The number of aryl methyl sites for hydroxylation is 1. The summed E-state index contributed by atoms with van der Waals surface area (Å²) in [7, 11) is 0. The van der Waals surface area contributed by atoms with E-state index in [1.54, 1.807) is 0 Å². The van der Waals surface area contributed by atoms with E-state index >= 15 is 0 Å². The van der Waals surface area contributed by atoms with Crippen molar-refractivity contribution < 1.29 is 0 Å². The number of rotatable bonds is 3.